The summed E-state index contributed by atoms with van der Waals surface area (Å²) < 4.78 is 7.45. The van der Waals surface area contributed by atoms with Crippen LogP contribution in [0.5, 0.6) is 5.75 Å². The van der Waals surface area contributed by atoms with Crippen LogP contribution in [0.4, 0.5) is 0 Å². The lowest BCUT2D eigenvalue weighted by atomic mass is 10.1. The van der Waals surface area contributed by atoms with Gasteiger partial charge in [-0.25, -0.2) is 4.98 Å². The second kappa shape index (κ2) is 2.61. The Morgan fingerprint density at radius 1 is 1.43 bits per heavy atom. The average molecular weight is 186 g/mol. The lowest BCUT2D eigenvalue weighted by molar-refractivity contribution is 0.410. The van der Waals surface area contributed by atoms with E-state index < -0.39 is 0 Å². The first-order valence-electron chi connectivity index (χ1n) is 4.57. The number of hydrogen-bond acceptors (Lipinski definition) is 2. The first kappa shape index (κ1) is 7.62. The maximum absolute atomic E-state index is 5.32. The van der Waals surface area contributed by atoms with Gasteiger partial charge < -0.3 is 9.30 Å². The van der Waals surface area contributed by atoms with Crippen LogP contribution in [0.3, 0.4) is 0 Å². The fourth-order valence-corrected chi connectivity index (χ4v) is 1.98. The fraction of sp³-hybridized carbons (Fsp3) is 0.182. The Balaban J connectivity index is 2.26. The van der Waals surface area contributed by atoms with Gasteiger partial charge in [0.2, 0.25) is 0 Å². The Labute approximate surface area is 82.0 Å². The Hall–Kier alpha value is -1.77. The highest BCUT2D eigenvalue weighted by atomic mass is 16.5. The van der Waals surface area contributed by atoms with Gasteiger partial charge in [-0.1, -0.05) is 12.1 Å². The molecule has 2 aromatic rings. The molecule has 0 atom stereocenters. The third-order valence-corrected chi connectivity index (χ3v) is 2.64. The van der Waals surface area contributed by atoms with Crippen molar-refractivity contribution in [2.45, 2.75) is 6.54 Å². The van der Waals surface area contributed by atoms with Gasteiger partial charge in [-0.15, -0.1) is 0 Å². The zero-order valence-electron chi connectivity index (χ0n) is 7.90. The maximum Gasteiger partial charge on any atom is 0.140 e. The van der Waals surface area contributed by atoms with Crippen molar-refractivity contribution in [1.29, 1.82) is 0 Å². The Morgan fingerprint density at radius 3 is 3.21 bits per heavy atom. The number of hydrogen-bond donors (Lipinski definition) is 0. The van der Waals surface area contributed by atoms with E-state index in [-0.39, 0.29) is 0 Å². The molecule has 2 heterocycles. The van der Waals surface area contributed by atoms with Crippen LogP contribution in [-0.2, 0) is 6.54 Å². The van der Waals surface area contributed by atoms with Crippen molar-refractivity contribution < 1.29 is 4.74 Å². The van der Waals surface area contributed by atoms with E-state index in [1.54, 1.807) is 7.11 Å². The van der Waals surface area contributed by atoms with E-state index in [4.69, 9.17) is 4.74 Å². The van der Waals surface area contributed by atoms with Crippen LogP contribution < -0.4 is 4.74 Å². The van der Waals surface area contributed by atoms with E-state index in [2.05, 4.69) is 15.6 Å². The number of nitrogens with zero attached hydrogens (tertiary/aromatic N) is 2. The fourth-order valence-electron chi connectivity index (χ4n) is 1.98. The van der Waals surface area contributed by atoms with Gasteiger partial charge in [-0.2, -0.15) is 0 Å². The van der Waals surface area contributed by atoms with Crippen LogP contribution in [0.15, 0.2) is 30.6 Å². The van der Waals surface area contributed by atoms with Crippen LogP contribution in [0, 0.1) is 0 Å². The largest absolute Gasteiger partial charge is 0.496 e. The van der Waals surface area contributed by atoms with Gasteiger partial charge in [0.25, 0.3) is 0 Å². The molecule has 1 aliphatic rings. The summed E-state index contributed by atoms with van der Waals surface area (Å²) in [6.07, 6.45) is 3.83. The lowest BCUT2D eigenvalue weighted by Crippen LogP contribution is -1.93. The third kappa shape index (κ3) is 0.839. The first-order valence-corrected chi connectivity index (χ1v) is 4.57. The topological polar surface area (TPSA) is 27.1 Å². The molecular formula is C11H10N2O. The Bertz CT molecular complexity index is 488. The molecule has 3 heteroatoms. The van der Waals surface area contributed by atoms with Gasteiger partial charge in [-0.05, 0) is 6.07 Å². The predicted octanol–water partition coefficient (Wildman–Crippen LogP) is 1.92. The Morgan fingerprint density at radius 2 is 2.36 bits per heavy atom. The van der Waals surface area contributed by atoms with E-state index in [0.717, 1.165) is 18.1 Å². The summed E-state index contributed by atoms with van der Waals surface area (Å²) >= 11 is 0. The summed E-state index contributed by atoms with van der Waals surface area (Å²) in [4.78, 5) is 4.32. The van der Waals surface area contributed by atoms with Gasteiger partial charge in [-0.3, -0.25) is 0 Å². The number of methoxy groups -OCH3 is 1. The standard InChI is InChI=1S/C11H10N2O/c1-14-10-4-2-3-8-9(10)7-13-6-5-12-11(8)13/h2-6H,7H2,1H3. The number of imidazole rings is 1. The molecule has 0 N–H and O–H groups in total. The molecule has 0 amide bonds. The summed E-state index contributed by atoms with van der Waals surface area (Å²) in [7, 11) is 1.71. The highest BCUT2D eigenvalue weighted by Gasteiger charge is 2.21. The van der Waals surface area contributed by atoms with E-state index in [1.165, 1.54) is 11.1 Å². The smallest absolute Gasteiger partial charge is 0.140 e. The van der Waals surface area contributed by atoms with Gasteiger partial charge in [0.05, 0.1) is 13.7 Å². The molecule has 0 radical (unpaired) electrons. The van der Waals surface area contributed by atoms with Crippen LogP contribution in [0.25, 0.3) is 11.4 Å². The number of fused-ring (bicyclic) bond motifs is 3. The molecule has 1 aromatic carbocycles. The molecular weight excluding hydrogens is 176 g/mol. The van der Waals surface area contributed by atoms with E-state index >= 15 is 0 Å². The van der Waals surface area contributed by atoms with Crippen LogP contribution in [0.1, 0.15) is 5.56 Å². The summed E-state index contributed by atoms with van der Waals surface area (Å²) in [5.41, 5.74) is 2.42. The molecule has 1 aromatic heterocycles. The summed E-state index contributed by atoms with van der Waals surface area (Å²) in [5.74, 6) is 1.99. The normalized spacial score (nSPS) is 12.4. The minimum Gasteiger partial charge on any atom is -0.496 e. The molecule has 0 spiro atoms. The highest BCUT2D eigenvalue weighted by Crippen LogP contribution is 2.35. The molecule has 1 aliphatic heterocycles. The van der Waals surface area contributed by atoms with Crippen molar-refractivity contribution in [3.63, 3.8) is 0 Å². The van der Waals surface area contributed by atoms with Crippen LogP contribution in [-0.4, -0.2) is 16.7 Å². The molecule has 14 heavy (non-hydrogen) atoms. The van der Waals surface area contributed by atoms with Gasteiger partial charge in [0, 0.05) is 23.5 Å². The number of benzene rings is 1. The highest BCUT2D eigenvalue weighted by molar-refractivity contribution is 5.68. The van der Waals surface area contributed by atoms with Crippen molar-refractivity contribution in [3.05, 3.63) is 36.2 Å². The predicted molar refractivity (Wildman–Crippen MR) is 53.3 cm³/mol. The monoisotopic (exact) mass is 186 g/mol. The zero-order valence-corrected chi connectivity index (χ0v) is 7.90. The van der Waals surface area contributed by atoms with Gasteiger partial charge >= 0.3 is 0 Å². The number of rotatable bonds is 1. The van der Waals surface area contributed by atoms with Crippen LogP contribution >= 0.6 is 0 Å². The maximum atomic E-state index is 5.32. The third-order valence-electron chi connectivity index (χ3n) is 2.64. The molecule has 0 bridgehead atoms. The number of ether oxygens (including phenoxy) is 1. The lowest BCUT2D eigenvalue weighted by Gasteiger charge is -2.05. The second-order valence-corrected chi connectivity index (χ2v) is 3.37. The summed E-state index contributed by atoms with van der Waals surface area (Å²) in [6, 6.07) is 6.08. The van der Waals surface area contributed by atoms with Crippen molar-refractivity contribution in [1.82, 2.24) is 9.55 Å². The summed E-state index contributed by atoms with van der Waals surface area (Å²) in [5, 5.41) is 0. The van der Waals surface area contributed by atoms with E-state index in [1.807, 2.05) is 24.5 Å². The molecule has 0 saturated carbocycles. The molecule has 3 nitrogen and oxygen atoms in total. The van der Waals surface area contributed by atoms with Crippen molar-refractivity contribution in [2.24, 2.45) is 0 Å². The van der Waals surface area contributed by atoms with Crippen molar-refractivity contribution >= 4 is 0 Å². The van der Waals surface area contributed by atoms with Gasteiger partial charge in [0.1, 0.15) is 11.6 Å². The van der Waals surface area contributed by atoms with Crippen LogP contribution in [0.2, 0.25) is 0 Å². The second-order valence-electron chi connectivity index (χ2n) is 3.37. The molecule has 70 valence electrons. The number of aromatic nitrogens is 2. The van der Waals surface area contributed by atoms with Gasteiger partial charge in [0.15, 0.2) is 0 Å². The minimum atomic E-state index is 0.870. The Kier molecular flexibility index (Phi) is 1.42. The minimum absolute atomic E-state index is 0.870. The zero-order chi connectivity index (χ0) is 9.54. The molecule has 0 unspecified atom stereocenters. The summed E-state index contributed by atoms with van der Waals surface area (Å²) in [6.45, 7) is 0.870. The molecule has 0 fully saturated rings. The quantitative estimate of drug-likeness (QED) is 0.580. The SMILES string of the molecule is COc1cccc2c1Cn1ccnc1-2. The average Bonchev–Trinajstić information content (AvgIpc) is 2.76. The molecule has 3 rings (SSSR count). The van der Waals surface area contributed by atoms with E-state index in [9.17, 15) is 0 Å². The van der Waals surface area contributed by atoms with Crippen molar-refractivity contribution in [3.8, 4) is 17.1 Å². The molecule has 0 saturated heterocycles. The first-order chi connectivity index (χ1) is 6.90. The van der Waals surface area contributed by atoms with E-state index in [0.29, 0.717) is 0 Å². The molecule has 0 aliphatic carbocycles. The van der Waals surface area contributed by atoms with Crippen molar-refractivity contribution in [2.75, 3.05) is 7.11 Å².